The van der Waals surface area contributed by atoms with Crippen LogP contribution in [0.3, 0.4) is 0 Å². The minimum absolute atomic E-state index is 0.0180. The second kappa shape index (κ2) is 7.40. The van der Waals surface area contributed by atoms with Crippen molar-refractivity contribution in [2.45, 2.75) is 25.5 Å². The topological polar surface area (TPSA) is 69.6 Å². The Kier molecular flexibility index (Phi) is 5.51. The molecule has 0 spiro atoms. The van der Waals surface area contributed by atoms with E-state index in [2.05, 4.69) is 9.97 Å². The van der Waals surface area contributed by atoms with E-state index < -0.39 is 5.60 Å². The smallest absolute Gasteiger partial charge is 0.225 e. The molecular weight excluding hydrogens is 304 g/mol. The van der Waals surface area contributed by atoms with E-state index in [1.165, 1.54) is 0 Å². The predicted octanol–water partition coefficient (Wildman–Crippen LogP) is 1.80. The lowest BCUT2D eigenvalue weighted by molar-refractivity contribution is -0.135. The van der Waals surface area contributed by atoms with Crippen molar-refractivity contribution in [3.05, 3.63) is 53.9 Å². The number of carbonyl (C=O) groups is 1. The molecule has 0 saturated carbocycles. The number of carbonyl (C=O) groups excluding carboxylic acids is 1. The molecule has 1 heterocycles. The number of aromatic nitrogens is 2. The second-order valence-electron chi connectivity index (χ2n) is 6.35. The Bertz CT molecular complexity index is 669. The standard InChI is InChI=1S/C18H24N4O2/c1-18(24,15-8-6-5-7-9-15)10-16(23)22(4)13-14-11-19-17(20-12-14)21(2)3/h5-9,11-12,24H,10,13H2,1-4H3. The minimum atomic E-state index is -1.20. The lowest BCUT2D eigenvalue weighted by Crippen LogP contribution is -2.34. The first kappa shape index (κ1) is 17.9. The van der Waals surface area contributed by atoms with Crippen LogP contribution in [-0.4, -0.2) is 47.0 Å². The fourth-order valence-corrected chi connectivity index (χ4v) is 2.35. The molecule has 2 rings (SSSR count). The van der Waals surface area contributed by atoms with Crippen molar-refractivity contribution in [1.82, 2.24) is 14.9 Å². The molecule has 0 radical (unpaired) electrons. The average molecular weight is 328 g/mol. The third-order valence-corrected chi connectivity index (χ3v) is 3.83. The molecule has 128 valence electrons. The van der Waals surface area contributed by atoms with Crippen LogP contribution in [0.5, 0.6) is 0 Å². The normalized spacial score (nSPS) is 13.2. The zero-order valence-corrected chi connectivity index (χ0v) is 14.6. The van der Waals surface area contributed by atoms with Gasteiger partial charge in [0.25, 0.3) is 0 Å². The first-order valence-corrected chi connectivity index (χ1v) is 7.80. The van der Waals surface area contributed by atoms with E-state index in [1.807, 2.05) is 49.3 Å². The molecule has 0 fully saturated rings. The van der Waals surface area contributed by atoms with Gasteiger partial charge in [-0.3, -0.25) is 4.79 Å². The summed E-state index contributed by atoms with van der Waals surface area (Å²) in [7, 11) is 5.45. The highest BCUT2D eigenvalue weighted by Crippen LogP contribution is 2.25. The van der Waals surface area contributed by atoms with Crippen molar-refractivity contribution >= 4 is 11.9 Å². The van der Waals surface area contributed by atoms with Gasteiger partial charge in [-0.1, -0.05) is 30.3 Å². The van der Waals surface area contributed by atoms with Gasteiger partial charge >= 0.3 is 0 Å². The maximum atomic E-state index is 12.4. The zero-order valence-electron chi connectivity index (χ0n) is 14.6. The molecule has 1 unspecified atom stereocenters. The molecule has 1 aromatic carbocycles. The quantitative estimate of drug-likeness (QED) is 0.875. The van der Waals surface area contributed by atoms with Gasteiger partial charge in [0.05, 0.1) is 12.0 Å². The number of aliphatic hydroxyl groups is 1. The van der Waals surface area contributed by atoms with Crippen molar-refractivity contribution < 1.29 is 9.90 Å². The molecule has 0 aliphatic carbocycles. The van der Waals surface area contributed by atoms with Crippen LogP contribution in [0.4, 0.5) is 5.95 Å². The van der Waals surface area contributed by atoms with Crippen LogP contribution in [0.1, 0.15) is 24.5 Å². The largest absolute Gasteiger partial charge is 0.385 e. The summed E-state index contributed by atoms with van der Waals surface area (Å²) in [6.45, 7) is 2.06. The Balaban J connectivity index is 1.99. The summed E-state index contributed by atoms with van der Waals surface area (Å²) in [5.41, 5.74) is 0.374. The molecule has 0 aliphatic rings. The van der Waals surface area contributed by atoms with Crippen molar-refractivity contribution in [1.29, 1.82) is 0 Å². The average Bonchev–Trinajstić information content (AvgIpc) is 2.55. The molecule has 6 heteroatoms. The van der Waals surface area contributed by atoms with Gasteiger partial charge < -0.3 is 14.9 Å². The van der Waals surface area contributed by atoms with E-state index in [0.717, 1.165) is 11.1 Å². The van der Waals surface area contributed by atoms with Crippen molar-refractivity contribution in [2.75, 3.05) is 26.0 Å². The van der Waals surface area contributed by atoms with Gasteiger partial charge in [-0.15, -0.1) is 0 Å². The van der Waals surface area contributed by atoms with E-state index in [-0.39, 0.29) is 12.3 Å². The van der Waals surface area contributed by atoms with E-state index in [0.29, 0.717) is 12.5 Å². The summed E-state index contributed by atoms with van der Waals surface area (Å²) < 4.78 is 0. The number of anilines is 1. The summed E-state index contributed by atoms with van der Waals surface area (Å²) in [6, 6.07) is 9.22. The summed E-state index contributed by atoms with van der Waals surface area (Å²) in [4.78, 5) is 24.3. The number of hydrogen-bond acceptors (Lipinski definition) is 5. The predicted molar refractivity (Wildman–Crippen MR) is 93.5 cm³/mol. The van der Waals surface area contributed by atoms with E-state index in [4.69, 9.17) is 0 Å². The third-order valence-electron chi connectivity index (χ3n) is 3.83. The van der Waals surface area contributed by atoms with E-state index in [9.17, 15) is 9.90 Å². The first-order valence-electron chi connectivity index (χ1n) is 7.80. The fourth-order valence-electron chi connectivity index (χ4n) is 2.35. The molecule has 24 heavy (non-hydrogen) atoms. The Morgan fingerprint density at radius 2 is 1.71 bits per heavy atom. The summed E-state index contributed by atoms with van der Waals surface area (Å²) in [6.07, 6.45) is 3.44. The molecule has 0 saturated heterocycles. The molecule has 1 aromatic heterocycles. The zero-order chi connectivity index (χ0) is 17.7. The highest BCUT2D eigenvalue weighted by molar-refractivity contribution is 5.77. The fraction of sp³-hybridized carbons (Fsp3) is 0.389. The number of rotatable bonds is 6. The Hall–Kier alpha value is -2.47. The molecule has 1 N–H and O–H groups in total. The Labute approximate surface area is 142 Å². The maximum Gasteiger partial charge on any atom is 0.225 e. The van der Waals surface area contributed by atoms with Crippen molar-refractivity contribution in [3.8, 4) is 0 Å². The molecular formula is C18H24N4O2. The summed E-state index contributed by atoms with van der Waals surface area (Å²) in [5, 5.41) is 10.6. The Morgan fingerprint density at radius 3 is 2.25 bits per heavy atom. The van der Waals surface area contributed by atoms with Crippen LogP contribution in [0, 0.1) is 0 Å². The summed E-state index contributed by atoms with van der Waals surface area (Å²) >= 11 is 0. The summed E-state index contributed by atoms with van der Waals surface area (Å²) in [5.74, 6) is 0.486. The molecule has 0 aliphatic heterocycles. The van der Waals surface area contributed by atoms with Gasteiger partial charge in [0, 0.05) is 45.6 Å². The lowest BCUT2D eigenvalue weighted by atomic mass is 9.92. The van der Waals surface area contributed by atoms with Crippen LogP contribution in [-0.2, 0) is 16.9 Å². The molecule has 1 amide bonds. The number of hydrogen-bond donors (Lipinski definition) is 1. The molecule has 6 nitrogen and oxygen atoms in total. The molecule has 1 atom stereocenters. The van der Waals surface area contributed by atoms with E-state index >= 15 is 0 Å². The number of benzene rings is 1. The van der Waals surface area contributed by atoms with Gasteiger partial charge in [0.1, 0.15) is 0 Å². The highest BCUT2D eigenvalue weighted by Gasteiger charge is 2.28. The first-order chi connectivity index (χ1) is 11.3. The number of nitrogens with zero attached hydrogens (tertiary/aromatic N) is 4. The molecule has 2 aromatic rings. The van der Waals surface area contributed by atoms with Gasteiger partial charge in [0.2, 0.25) is 11.9 Å². The Morgan fingerprint density at radius 1 is 1.12 bits per heavy atom. The second-order valence-corrected chi connectivity index (χ2v) is 6.35. The van der Waals surface area contributed by atoms with Crippen molar-refractivity contribution in [3.63, 3.8) is 0 Å². The van der Waals surface area contributed by atoms with Crippen molar-refractivity contribution in [2.24, 2.45) is 0 Å². The van der Waals surface area contributed by atoms with Gasteiger partial charge in [0.15, 0.2) is 0 Å². The van der Waals surface area contributed by atoms with Crippen LogP contribution in [0.2, 0.25) is 0 Å². The molecule has 0 bridgehead atoms. The van der Waals surface area contributed by atoms with Gasteiger partial charge in [-0.25, -0.2) is 9.97 Å². The van der Waals surface area contributed by atoms with E-state index in [1.54, 1.807) is 31.3 Å². The SMILES string of the molecule is CN(Cc1cnc(N(C)C)nc1)C(=O)CC(C)(O)c1ccccc1. The van der Waals surface area contributed by atoms with Crippen LogP contribution in [0.25, 0.3) is 0 Å². The highest BCUT2D eigenvalue weighted by atomic mass is 16.3. The van der Waals surface area contributed by atoms with Gasteiger partial charge in [-0.05, 0) is 12.5 Å². The minimum Gasteiger partial charge on any atom is -0.385 e. The van der Waals surface area contributed by atoms with Crippen LogP contribution >= 0.6 is 0 Å². The van der Waals surface area contributed by atoms with Crippen LogP contribution < -0.4 is 4.90 Å². The third kappa shape index (κ3) is 4.52. The monoisotopic (exact) mass is 328 g/mol. The number of amides is 1. The lowest BCUT2D eigenvalue weighted by Gasteiger charge is -2.26. The van der Waals surface area contributed by atoms with Crippen LogP contribution in [0.15, 0.2) is 42.7 Å². The maximum absolute atomic E-state index is 12.4. The van der Waals surface area contributed by atoms with Gasteiger partial charge in [-0.2, -0.15) is 0 Å².